The molecule has 0 unspecified atom stereocenters. The number of hydrogen-bond acceptors (Lipinski definition) is 3. The van der Waals surface area contributed by atoms with Gasteiger partial charge in [-0.1, -0.05) is 12.8 Å². The average Bonchev–Trinajstić information content (AvgIpc) is 2.97. The summed E-state index contributed by atoms with van der Waals surface area (Å²) < 4.78 is 5.25. The predicted octanol–water partition coefficient (Wildman–Crippen LogP) is 2.80. The summed E-state index contributed by atoms with van der Waals surface area (Å²) in [6, 6.07) is 0. The Balaban J connectivity index is 1.29. The van der Waals surface area contributed by atoms with Crippen LogP contribution >= 0.6 is 0 Å². The van der Waals surface area contributed by atoms with Gasteiger partial charge in [0.25, 0.3) is 5.91 Å². The van der Waals surface area contributed by atoms with E-state index >= 15 is 0 Å². The van der Waals surface area contributed by atoms with Crippen molar-refractivity contribution < 1.29 is 14.3 Å². The van der Waals surface area contributed by atoms with Gasteiger partial charge in [0.2, 0.25) is 0 Å². The summed E-state index contributed by atoms with van der Waals surface area (Å²) in [7, 11) is 0. The van der Waals surface area contributed by atoms with Crippen molar-refractivity contribution in [2.75, 3.05) is 6.61 Å². The third kappa shape index (κ3) is 2.77. The van der Waals surface area contributed by atoms with Gasteiger partial charge in [-0.05, 0) is 69.1 Å². The van der Waals surface area contributed by atoms with Crippen LogP contribution in [0.15, 0.2) is 0 Å². The molecule has 5 aliphatic carbocycles. The maximum Gasteiger partial charge on any atom is 0.309 e. The van der Waals surface area contributed by atoms with Crippen LogP contribution in [0.5, 0.6) is 0 Å². The van der Waals surface area contributed by atoms with Gasteiger partial charge < -0.3 is 10.1 Å². The quantitative estimate of drug-likeness (QED) is 0.813. The van der Waals surface area contributed by atoms with Crippen LogP contribution in [0, 0.1) is 23.7 Å². The average molecular weight is 305 g/mol. The third-order valence-corrected chi connectivity index (χ3v) is 6.48. The van der Waals surface area contributed by atoms with Crippen LogP contribution in [0.1, 0.15) is 64.2 Å². The summed E-state index contributed by atoms with van der Waals surface area (Å²) in [5, 5.41) is 3.25. The molecule has 5 aliphatic rings. The van der Waals surface area contributed by atoms with Gasteiger partial charge in [-0.15, -0.1) is 0 Å². The molecule has 0 aromatic carbocycles. The Morgan fingerprint density at radius 2 is 1.50 bits per heavy atom. The summed E-state index contributed by atoms with van der Waals surface area (Å²) in [5.74, 6) is 2.21. The lowest BCUT2D eigenvalue weighted by molar-refractivity contribution is -0.153. The zero-order valence-corrected chi connectivity index (χ0v) is 13.3. The highest BCUT2D eigenvalue weighted by molar-refractivity contribution is 5.82. The molecule has 5 saturated carbocycles. The number of esters is 1. The molecular weight excluding hydrogens is 278 g/mol. The van der Waals surface area contributed by atoms with Crippen LogP contribution in [0.2, 0.25) is 0 Å². The Hall–Kier alpha value is -1.06. The first-order chi connectivity index (χ1) is 10.6. The van der Waals surface area contributed by atoms with Gasteiger partial charge >= 0.3 is 5.97 Å². The number of amides is 1. The fourth-order valence-corrected chi connectivity index (χ4v) is 6.01. The Kier molecular flexibility index (Phi) is 3.66. The predicted molar refractivity (Wildman–Crippen MR) is 82.0 cm³/mol. The molecule has 4 nitrogen and oxygen atoms in total. The van der Waals surface area contributed by atoms with E-state index in [2.05, 4.69) is 5.32 Å². The van der Waals surface area contributed by atoms with Crippen LogP contribution in [-0.2, 0) is 14.3 Å². The Morgan fingerprint density at radius 3 is 2.05 bits per heavy atom. The maximum atomic E-state index is 12.3. The fraction of sp³-hybridized carbons (Fsp3) is 0.889. The molecule has 0 atom stereocenters. The van der Waals surface area contributed by atoms with Crippen molar-refractivity contribution in [1.29, 1.82) is 0 Å². The summed E-state index contributed by atoms with van der Waals surface area (Å²) in [6.07, 6.45) is 11.6. The molecule has 122 valence electrons. The lowest BCUT2D eigenvalue weighted by Gasteiger charge is -2.56. The SMILES string of the molecule is O=C(COC(=O)C1CCCC1)NC12CC3CC(CC(C3)C1)C2. The van der Waals surface area contributed by atoms with Crippen molar-refractivity contribution in [3.8, 4) is 0 Å². The molecular formula is C18H27NO3. The van der Waals surface area contributed by atoms with Crippen LogP contribution in [0.25, 0.3) is 0 Å². The van der Waals surface area contributed by atoms with E-state index in [-0.39, 0.29) is 29.9 Å². The summed E-state index contributed by atoms with van der Waals surface area (Å²) in [5.41, 5.74) is 0.0194. The van der Waals surface area contributed by atoms with E-state index in [4.69, 9.17) is 4.74 Å². The molecule has 0 aromatic rings. The number of rotatable bonds is 4. The second kappa shape index (κ2) is 5.54. The van der Waals surface area contributed by atoms with Gasteiger partial charge in [0.05, 0.1) is 5.92 Å². The molecule has 0 radical (unpaired) electrons. The lowest BCUT2D eigenvalue weighted by atomic mass is 9.53. The van der Waals surface area contributed by atoms with Crippen LogP contribution < -0.4 is 5.32 Å². The minimum absolute atomic E-state index is 0.0194. The number of hydrogen-bond donors (Lipinski definition) is 1. The van der Waals surface area contributed by atoms with E-state index in [1.54, 1.807) is 0 Å². The minimum atomic E-state index is -0.168. The van der Waals surface area contributed by atoms with E-state index in [9.17, 15) is 9.59 Å². The molecule has 1 amide bonds. The fourth-order valence-electron chi connectivity index (χ4n) is 6.01. The number of carbonyl (C=O) groups excluding carboxylic acids is 2. The number of nitrogens with one attached hydrogen (secondary N) is 1. The van der Waals surface area contributed by atoms with E-state index in [0.29, 0.717) is 0 Å². The molecule has 1 N–H and O–H groups in total. The van der Waals surface area contributed by atoms with Crippen molar-refractivity contribution in [3.63, 3.8) is 0 Å². The normalized spacial score (nSPS) is 39.9. The standard InChI is InChI=1S/C18H27NO3/c20-16(11-22-17(21)15-3-1-2-4-15)19-18-8-12-5-13(9-18)7-14(6-12)10-18/h12-15H,1-11H2,(H,19,20). The highest BCUT2D eigenvalue weighted by Gasteiger charge is 2.51. The highest BCUT2D eigenvalue weighted by atomic mass is 16.5. The number of ether oxygens (including phenoxy) is 1. The van der Waals surface area contributed by atoms with Gasteiger partial charge in [0, 0.05) is 5.54 Å². The lowest BCUT2D eigenvalue weighted by Crippen LogP contribution is -2.60. The molecule has 0 saturated heterocycles. The van der Waals surface area contributed by atoms with E-state index in [0.717, 1.165) is 62.7 Å². The van der Waals surface area contributed by atoms with Gasteiger partial charge in [-0.2, -0.15) is 0 Å². The maximum absolute atomic E-state index is 12.3. The second-order valence-corrected chi connectivity index (χ2v) is 8.34. The first-order valence-electron chi connectivity index (χ1n) is 9.09. The zero-order chi connectivity index (χ0) is 15.2. The molecule has 4 heteroatoms. The van der Waals surface area contributed by atoms with Gasteiger partial charge in [-0.25, -0.2) is 0 Å². The monoisotopic (exact) mass is 305 g/mol. The summed E-state index contributed by atoms with van der Waals surface area (Å²) in [6.45, 7) is -0.0862. The van der Waals surface area contributed by atoms with E-state index in [1.165, 1.54) is 19.3 Å². The molecule has 5 fully saturated rings. The van der Waals surface area contributed by atoms with Crippen molar-refractivity contribution in [1.82, 2.24) is 5.32 Å². The molecule has 5 rings (SSSR count). The smallest absolute Gasteiger partial charge is 0.309 e. The Bertz CT molecular complexity index is 432. The molecule has 4 bridgehead atoms. The van der Waals surface area contributed by atoms with E-state index < -0.39 is 0 Å². The van der Waals surface area contributed by atoms with Crippen molar-refractivity contribution in [2.45, 2.75) is 69.7 Å². The van der Waals surface area contributed by atoms with Crippen molar-refractivity contribution in [3.05, 3.63) is 0 Å². The first kappa shape index (κ1) is 14.5. The van der Waals surface area contributed by atoms with Crippen LogP contribution in [-0.4, -0.2) is 24.0 Å². The van der Waals surface area contributed by atoms with Crippen molar-refractivity contribution in [2.24, 2.45) is 23.7 Å². The number of carbonyl (C=O) groups is 2. The van der Waals surface area contributed by atoms with Gasteiger partial charge in [-0.3, -0.25) is 9.59 Å². The second-order valence-electron chi connectivity index (χ2n) is 8.34. The van der Waals surface area contributed by atoms with Gasteiger partial charge in [0.1, 0.15) is 0 Å². The molecule has 0 aliphatic heterocycles. The molecule has 0 spiro atoms. The topological polar surface area (TPSA) is 55.4 Å². The largest absolute Gasteiger partial charge is 0.455 e. The van der Waals surface area contributed by atoms with Crippen LogP contribution in [0.4, 0.5) is 0 Å². The van der Waals surface area contributed by atoms with Gasteiger partial charge in [0.15, 0.2) is 6.61 Å². The van der Waals surface area contributed by atoms with E-state index in [1.807, 2.05) is 0 Å². The van der Waals surface area contributed by atoms with Crippen LogP contribution in [0.3, 0.4) is 0 Å². The first-order valence-corrected chi connectivity index (χ1v) is 9.09. The third-order valence-electron chi connectivity index (χ3n) is 6.48. The molecule has 22 heavy (non-hydrogen) atoms. The summed E-state index contributed by atoms with van der Waals surface area (Å²) in [4.78, 5) is 24.2. The Morgan fingerprint density at radius 1 is 0.955 bits per heavy atom. The Labute approximate surface area is 132 Å². The minimum Gasteiger partial charge on any atom is -0.455 e. The van der Waals surface area contributed by atoms with Crippen molar-refractivity contribution >= 4 is 11.9 Å². The molecule has 0 heterocycles. The summed E-state index contributed by atoms with van der Waals surface area (Å²) >= 11 is 0. The zero-order valence-electron chi connectivity index (χ0n) is 13.3. The molecule has 0 aromatic heterocycles. The highest BCUT2D eigenvalue weighted by Crippen LogP contribution is 2.55.